The molecular formula is C10H14N2O2S. The molecule has 82 valence electrons. The molecule has 15 heavy (non-hydrogen) atoms. The van der Waals surface area contributed by atoms with Gasteiger partial charge in [-0.05, 0) is 37.6 Å². The Morgan fingerprint density at radius 3 is 2.33 bits per heavy atom. The van der Waals surface area contributed by atoms with E-state index in [0.717, 1.165) is 6.42 Å². The monoisotopic (exact) mass is 226 g/mol. The molecule has 0 bridgehead atoms. The zero-order valence-electron chi connectivity index (χ0n) is 8.55. The van der Waals surface area contributed by atoms with Gasteiger partial charge in [-0.3, -0.25) is 0 Å². The van der Waals surface area contributed by atoms with Crippen molar-refractivity contribution in [2.75, 3.05) is 12.3 Å². The van der Waals surface area contributed by atoms with E-state index in [2.05, 4.69) is 0 Å². The third-order valence-corrected chi connectivity index (χ3v) is 4.77. The molecule has 1 aliphatic rings. The highest BCUT2D eigenvalue weighted by Gasteiger charge is 2.35. The maximum absolute atomic E-state index is 12.0. The smallest absolute Gasteiger partial charge is 0.243 e. The van der Waals surface area contributed by atoms with E-state index >= 15 is 0 Å². The van der Waals surface area contributed by atoms with Gasteiger partial charge in [0.05, 0.1) is 4.90 Å². The summed E-state index contributed by atoms with van der Waals surface area (Å²) in [5, 5.41) is 0. The van der Waals surface area contributed by atoms with Gasteiger partial charge in [0.1, 0.15) is 0 Å². The molecule has 1 heterocycles. The normalized spacial score (nSPS) is 22.3. The second kappa shape index (κ2) is 3.50. The van der Waals surface area contributed by atoms with Crippen LogP contribution in [0.1, 0.15) is 13.3 Å². The van der Waals surface area contributed by atoms with Gasteiger partial charge in [-0.25, -0.2) is 8.42 Å². The van der Waals surface area contributed by atoms with Gasteiger partial charge in [0.15, 0.2) is 0 Å². The summed E-state index contributed by atoms with van der Waals surface area (Å²) in [5.74, 6) is 0. The first-order valence-corrected chi connectivity index (χ1v) is 6.33. The van der Waals surface area contributed by atoms with Crippen LogP contribution in [0.25, 0.3) is 0 Å². The van der Waals surface area contributed by atoms with Crippen molar-refractivity contribution in [2.45, 2.75) is 24.3 Å². The van der Waals surface area contributed by atoms with Crippen LogP contribution < -0.4 is 5.73 Å². The molecule has 1 unspecified atom stereocenters. The van der Waals surface area contributed by atoms with E-state index in [9.17, 15) is 8.42 Å². The Kier molecular flexibility index (Phi) is 2.44. The number of benzene rings is 1. The molecule has 0 saturated carbocycles. The molecule has 0 aromatic heterocycles. The summed E-state index contributed by atoms with van der Waals surface area (Å²) in [7, 11) is -3.29. The maximum atomic E-state index is 12.0. The predicted octanol–water partition coefficient (Wildman–Crippen LogP) is 1.05. The number of rotatable bonds is 2. The second-order valence-corrected chi connectivity index (χ2v) is 5.71. The van der Waals surface area contributed by atoms with E-state index in [1.165, 1.54) is 4.31 Å². The molecule has 2 N–H and O–H groups in total. The number of anilines is 1. The number of hydrogen-bond donors (Lipinski definition) is 1. The minimum absolute atomic E-state index is 0.118. The standard InChI is InChI=1S/C10H14N2O2S/c1-8-6-7-12(8)15(13,14)10-4-2-9(11)3-5-10/h2-5,8H,6-7,11H2,1H3. The molecule has 0 amide bonds. The predicted molar refractivity (Wildman–Crippen MR) is 58.8 cm³/mol. The van der Waals surface area contributed by atoms with Crippen molar-refractivity contribution in [3.63, 3.8) is 0 Å². The molecule has 1 atom stereocenters. The summed E-state index contributed by atoms with van der Waals surface area (Å²) in [6, 6.07) is 6.44. The van der Waals surface area contributed by atoms with Crippen LogP contribution in [0, 0.1) is 0 Å². The molecule has 1 aromatic rings. The number of nitrogen functional groups attached to an aromatic ring is 1. The molecule has 1 saturated heterocycles. The van der Waals surface area contributed by atoms with Crippen LogP contribution in [-0.4, -0.2) is 25.3 Å². The third-order valence-electron chi connectivity index (χ3n) is 2.75. The fourth-order valence-electron chi connectivity index (χ4n) is 1.62. The molecule has 5 heteroatoms. The molecule has 1 aromatic carbocycles. The third kappa shape index (κ3) is 1.72. The first kappa shape index (κ1) is 10.4. The summed E-state index contributed by atoms with van der Waals surface area (Å²) in [4.78, 5) is 0.322. The Morgan fingerprint density at radius 2 is 1.93 bits per heavy atom. The van der Waals surface area contributed by atoms with Gasteiger partial charge in [0.2, 0.25) is 10.0 Å². The molecule has 0 radical (unpaired) electrons. The van der Waals surface area contributed by atoms with Gasteiger partial charge in [0.25, 0.3) is 0 Å². The summed E-state index contributed by atoms with van der Waals surface area (Å²) in [6.07, 6.45) is 0.939. The molecular weight excluding hydrogens is 212 g/mol. The Labute approximate surface area is 89.7 Å². The number of hydrogen-bond acceptors (Lipinski definition) is 3. The van der Waals surface area contributed by atoms with Crippen molar-refractivity contribution in [3.8, 4) is 0 Å². The van der Waals surface area contributed by atoms with E-state index < -0.39 is 10.0 Å². The minimum Gasteiger partial charge on any atom is -0.399 e. The SMILES string of the molecule is CC1CCN1S(=O)(=O)c1ccc(N)cc1. The van der Waals surface area contributed by atoms with E-state index in [-0.39, 0.29) is 6.04 Å². The van der Waals surface area contributed by atoms with E-state index in [1.807, 2.05) is 6.92 Å². The lowest BCUT2D eigenvalue weighted by Gasteiger charge is -2.37. The van der Waals surface area contributed by atoms with Crippen molar-refractivity contribution in [1.29, 1.82) is 0 Å². The summed E-state index contributed by atoms with van der Waals surface area (Å²) in [6.45, 7) is 2.53. The molecule has 2 rings (SSSR count). The van der Waals surface area contributed by atoms with Gasteiger partial charge >= 0.3 is 0 Å². The average Bonchev–Trinajstić information content (AvgIpc) is 2.15. The largest absolute Gasteiger partial charge is 0.399 e. The van der Waals surface area contributed by atoms with Gasteiger partial charge in [-0.1, -0.05) is 0 Å². The number of nitrogens with zero attached hydrogens (tertiary/aromatic N) is 1. The average molecular weight is 226 g/mol. The summed E-state index contributed by atoms with van der Waals surface area (Å²) in [5.41, 5.74) is 6.09. The second-order valence-electron chi connectivity index (χ2n) is 3.82. The van der Waals surface area contributed by atoms with E-state index in [4.69, 9.17) is 5.73 Å². The molecule has 4 nitrogen and oxygen atoms in total. The lowest BCUT2D eigenvalue weighted by Crippen LogP contribution is -2.49. The fraction of sp³-hybridized carbons (Fsp3) is 0.400. The Morgan fingerprint density at radius 1 is 1.33 bits per heavy atom. The highest BCUT2D eigenvalue weighted by molar-refractivity contribution is 7.89. The van der Waals surface area contributed by atoms with Crippen molar-refractivity contribution in [3.05, 3.63) is 24.3 Å². The van der Waals surface area contributed by atoms with Crippen LogP contribution in [-0.2, 0) is 10.0 Å². The molecule has 0 spiro atoms. The zero-order chi connectivity index (χ0) is 11.1. The first-order valence-electron chi connectivity index (χ1n) is 4.89. The van der Waals surface area contributed by atoms with Crippen molar-refractivity contribution >= 4 is 15.7 Å². The molecule has 0 aliphatic carbocycles. The molecule has 1 aliphatic heterocycles. The van der Waals surface area contributed by atoms with Crippen molar-refractivity contribution in [2.24, 2.45) is 0 Å². The molecule has 1 fully saturated rings. The first-order chi connectivity index (χ1) is 7.01. The number of sulfonamides is 1. The van der Waals surface area contributed by atoms with Crippen LogP contribution in [0.5, 0.6) is 0 Å². The van der Waals surface area contributed by atoms with Crippen molar-refractivity contribution in [1.82, 2.24) is 4.31 Å². The van der Waals surface area contributed by atoms with Gasteiger partial charge < -0.3 is 5.73 Å². The fourth-order valence-corrected chi connectivity index (χ4v) is 3.30. The topological polar surface area (TPSA) is 63.4 Å². The van der Waals surface area contributed by atoms with E-state index in [1.54, 1.807) is 24.3 Å². The summed E-state index contributed by atoms with van der Waals surface area (Å²) >= 11 is 0. The lowest BCUT2D eigenvalue weighted by atomic mass is 10.1. The zero-order valence-corrected chi connectivity index (χ0v) is 9.37. The highest BCUT2D eigenvalue weighted by atomic mass is 32.2. The Balaban J connectivity index is 2.33. The van der Waals surface area contributed by atoms with Crippen LogP contribution in [0.3, 0.4) is 0 Å². The number of nitrogens with two attached hydrogens (primary N) is 1. The highest BCUT2D eigenvalue weighted by Crippen LogP contribution is 2.26. The van der Waals surface area contributed by atoms with Crippen LogP contribution >= 0.6 is 0 Å². The lowest BCUT2D eigenvalue weighted by molar-refractivity contribution is 0.217. The minimum atomic E-state index is -3.29. The van der Waals surface area contributed by atoms with Crippen LogP contribution in [0.2, 0.25) is 0 Å². The van der Waals surface area contributed by atoms with Gasteiger partial charge in [-0.2, -0.15) is 4.31 Å². The van der Waals surface area contributed by atoms with Crippen LogP contribution in [0.4, 0.5) is 5.69 Å². The quantitative estimate of drug-likeness (QED) is 0.767. The van der Waals surface area contributed by atoms with Crippen LogP contribution in [0.15, 0.2) is 29.2 Å². The Hall–Kier alpha value is -1.07. The van der Waals surface area contributed by atoms with Crippen molar-refractivity contribution < 1.29 is 8.42 Å². The van der Waals surface area contributed by atoms with Gasteiger partial charge in [-0.15, -0.1) is 0 Å². The Bertz CT molecular complexity index is 453. The van der Waals surface area contributed by atoms with Gasteiger partial charge in [0, 0.05) is 18.3 Å². The maximum Gasteiger partial charge on any atom is 0.243 e. The van der Waals surface area contributed by atoms with E-state index in [0.29, 0.717) is 17.1 Å². The summed E-state index contributed by atoms with van der Waals surface area (Å²) < 4.78 is 25.6.